The van der Waals surface area contributed by atoms with Crippen LogP contribution in [0.3, 0.4) is 0 Å². The van der Waals surface area contributed by atoms with Crippen LogP contribution >= 0.6 is 0 Å². The van der Waals surface area contributed by atoms with Crippen molar-refractivity contribution in [3.05, 3.63) is 12.2 Å². The second-order valence-electron chi connectivity index (χ2n) is 9.44. The molecule has 2 bridgehead atoms. The summed E-state index contributed by atoms with van der Waals surface area (Å²) in [5.74, 6) is 1.04. The summed E-state index contributed by atoms with van der Waals surface area (Å²) in [4.78, 5) is 25.5. The fourth-order valence-corrected chi connectivity index (χ4v) is 7.09. The van der Waals surface area contributed by atoms with Gasteiger partial charge < -0.3 is 5.11 Å². The summed E-state index contributed by atoms with van der Waals surface area (Å²) in [6.07, 6.45) is 4.06. The number of hydrogen-bond acceptors (Lipinski definition) is 3. The first-order valence-electron chi connectivity index (χ1n) is 9.08. The molecule has 3 heteroatoms. The van der Waals surface area contributed by atoms with Gasteiger partial charge in [0.2, 0.25) is 0 Å². The predicted molar refractivity (Wildman–Crippen MR) is 87.7 cm³/mol. The zero-order valence-corrected chi connectivity index (χ0v) is 14.5. The van der Waals surface area contributed by atoms with Crippen LogP contribution in [-0.2, 0) is 9.59 Å². The summed E-state index contributed by atoms with van der Waals surface area (Å²) in [6, 6.07) is 0. The average molecular weight is 316 g/mol. The van der Waals surface area contributed by atoms with E-state index in [-0.39, 0.29) is 22.5 Å². The van der Waals surface area contributed by atoms with Crippen molar-refractivity contribution in [3.63, 3.8) is 0 Å². The average Bonchev–Trinajstić information content (AvgIpc) is 2.48. The highest BCUT2D eigenvalue weighted by molar-refractivity contribution is 5.93. The van der Waals surface area contributed by atoms with Crippen LogP contribution in [0, 0.1) is 34.0 Å². The Bertz CT molecular complexity index is 618. The molecule has 23 heavy (non-hydrogen) atoms. The van der Waals surface area contributed by atoms with Crippen molar-refractivity contribution >= 4 is 11.6 Å². The summed E-state index contributed by atoms with van der Waals surface area (Å²) in [5, 5.41) is 10.4. The number of aliphatic hydroxyl groups is 1. The van der Waals surface area contributed by atoms with Crippen molar-refractivity contribution in [2.45, 2.75) is 65.4 Å². The van der Waals surface area contributed by atoms with E-state index in [9.17, 15) is 14.7 Å². The van der Waals surface area contributed by atoms with E-state index in [4.69, 9.17) is 0 Å². The molecule has 5 aliphatic rings. The quantitative estimate of drug-likeness (QED) is 0.698. The smallest absolute Gasteiger partial charge is 0.168 e. The third kappa shape index (κ3) is 1.65. The summed E-state index contributed by atoms with van der Waals surface area (Å²) in [5.41, 5.74) is 0.406. The largest absolute Gasteiger partial charge is 0.385 e. The fraction of sp³-hybridized carbons (Fsp3) is 0.800. The van der Waals surface area contributed by atoms with Gasteiger partial charge in [0.25, 0.3) is 0 Å². The molecule has 5 fully saturated rings. The van der Waals surface area contributed by atoms with Gasteiger partial charge in [-0.1, -0.05) is 32.9 Å². The van der Waals surface area contributed by atoms with Crippen molar-refractivity contribution in [3.8, 4) is 0 Å². The Balaban J connectivity index is 1.81. The molecule has 6 atom stereocenters. The molecule has 0 aliphatic heterocycles. The molecule has 0 aromatic heterocycles. The predicted octanol–water partition coefficient (Wildman–Crippen LogP) is 3.30. The summed E-state index contributed by atoms with van der Waals surface area (Å²) in [7, 11) is 0. The zero-order valence-electron chi connectivity index (χ0n) is 14.5. The van der Waals surface area contributed by atoms with E-state index in [1.165, 1.54) is 0 Å². The first-order valence-corrected chi connectivity index (χ1v) is 9.08. The van der Waals surface area contributed by atoms with Crippen LogP contribution in [0.4, 0.5) is 0 Å². The van der Waals surface area contributed by atoms with Gasteiger partial charge in [-0.2, -0.15) is 0 Å². The lowest BCUT2D eigenvalue weighted by Gasteiger charge is -2.67. The van der Waals surface area contributed by atoms with E-state index >= 15 is 0 Å². The number of carbonyl (C=O) groups excluding carboxylic acids is 2. The Morgan fingerprint density at radius 3 is 2.52 bits per heavy atom. The molecule has 1 N–H and O–H groups in total. The van der Waals surface area contributed by atoms with Crippen molar-refractivity contribution in [1.82, 2.24) is 0 Å². The summed E-state index contributed by atoms with van der Waals surface area (Å²) < 4.78 is 0. The van der Waals surface area contributed by atoms with Gasteiger partial charge in [0.15, 0.2) is 5.78 Å². The maximum absolute atomic E-state index is 13.0. The van der Waals surface area contributed by atoms with Crippen LogP contribution in [0.15, 0.2) is 12.2 Å². The number of hydrogen-bond donors (Lipinski definition) is 1. The number of fused-ring (bicyclic) bond motifs is 3. The van der Waals surface area contributed by atoms with Crippen LogP contribution in [0.2, 0.25) is 0 Å². The zero-order chi connectivity index (χ0) is 16.8. The van der Waals surface area contributed by atoms with Crippen LogP contribution in [0.25, 0.3) is 0 Å². The molecule has 3 nitrogen and oxygen atoms in total. The number of Topliss-reactive ketones (excluding diaryl/α,β-unsaturated/α-hetero) is 2. The number of ketones is 2. The first kappa shape index (κ1) is 15.6. The van der Waals surface area contributed by atoms with Crippen molar-refractivity contribution in [2.75, 3.05) is 0 Å². The summed E-state index contributed by atoms with van der Waals surface area (Å²) >= 11 is 0. The lowest BCUT2D eigenvalue weighted by Crippen LogP contribution is -2.67. The molecule has 0 saturated heterocycles. The second kappa shape index (κ2) is 4.36. The molecule has 0 radical (unpaired) electrons. The monoisotopic (exact) mass is 316 g/mol. The Kier molecular flexibility index (Phi) is 2.95. The van der Waals surface area contributed by atoms with Crippen LogP contribution in [-0.4, -0.2) is 22.8 Å². The van der Waals surface area contributed by atoms with Gasteiger partial charge in [0.1, 0.15) is 11.9 Å². The molecule has 0 heterocycles. The van der Waals surface area contributed by atoms with Gasteiger partial charge in [-0.3, -0.25) is 9.59 Å². The molecule has 5 rings (SSSR count). The lowest BCUT2D eigenvalue weighted by atomic mass is 9.36. The highest BCUT2D eigenvalue weighted by Crippen LogP contribution is 2.70. The Morgan fingerprint density at radius 2 is 1.83 bits per heavy atom. The highest BCUT2D eigenvalue weighted by atomic mass is 16.3. The Morgan fingerprint density at radius 1 is 1.13 bits per heavy atom. The van der Waals surface area contributed by atoms with Gasteiger partial charge >= 0.3 is 0 Å². The van der Waals surface area contributed by atoms with Crippen molar-refractivity contribution in [2.24, 2.45) is 34.0 Å². The number of rotatable bonds is 0. The molecule has 0 amide bonds. The Hall–Kier alpha value is -0.960. The van der Waals surface area contributed by atoms with E-state index in [1.54, 1.807) is 0 Å². The number of aliphatic hydroxyl groups excluding tert-OH is 1. The Labute approximate surface area is 138 Å². The van der Waals surface area contributed by atoms with Gasteiger partial charge in [0, 0.05) is 23.2 Å². The highest BCUT2D eigenvalue weighted by Gasteiger charge is 2.69. The maximum Gasteiger partial charge on any atom is 0.168 e. The molecular formula is C20H28O3. The molecule has 0 aromatic rings. The van der Waals surface area contributed by atoms with Crippen molar-refractivity contribution < 1.29 is 14.7 Å². The normalized spacial score (nSPS) is 51.4. The van der Waals surface area contributed by atoms with Crippen LogP contribution in [0.5, 0.6) is 0 Å². The minimum atomic E-state index is -0.842. The van der Waals surface area contributed by atoms with Gasteiger partial charge in [-0.05, 0) is 49.4 Å². The van der Waals surface area contributed by atoms with E-state index < -0.39 is 11.5 Å². The second-order valence-corrected chi connectivity index (χ2v) is 9.44. The topological polar surface area (TPSA) is 54.4 Å². The standard InChI is InChI=1S/C20H28O3/c1-11-10-20-8-5-13-18(2,3)15(21)6-7-19(13,4)14(20)9-12(11)16(22)17(20)23/h12-14,16,22H,1,5-10H2,2-4H3/t12-,13?,14?,16?,19+,20-/m1/s1. The van der Waals surface area contributed by atoms with E-state index in [1.807, 2.05) is 0 Å². The third-order valence-electron chi connectivity index (χ3n) is 8.32. The van der Waals surface area contributed by atoms with Crippen LogP contribution in [0.1, 0.15) is 59.3 Å². The molecule has 126 valence electrons. The fourth-order valence-electron chi connectivity index (χ4n) is 7.09. The lowest BCUT2D eigenvalue weighted by molar-refractivity contribution is -0.194. The molecule has 5 aliphatic carbocycles. The maximum atomic E-state index is 13.0. The molecule has 1 spiro atoms. The van der Waals surface area contributed by atoms with Gasteiger partial charge in [-0.25, -0.2) is 0 Å². The van der Waals surface area contributed by atoms with E-state index in [0.717, 1.165) is 37.7 Å². The summed E-state index contributed by atoms with van der Waals surface area (Å²) in [6.45, 7) is 10.7. The minimum absolute atomic E-state index is 0.0322. The minimum Gasteiger partial charge on any atom is -0.385 e. The van der Waals surface area contributed by atoms with E-state index in [0.29, 0.717) is 24.0 Å². The first-order chi connectivity index (χ1) is 10.6. The van der Waals surface area contributed by atoms with Crippen molar-refractivity contribution in [1.29, 1.82) is 0 Å². The molecule has 3 unspecified atom stereocenters. The molecule has 0 aromatic carbocycles. The molecular weight excluding hydrogens is 288 g/mol. The van der Waals surface area contributed by atoms with Crippen LogP contribution < -0.4 is 0 Å². The SMILES string of the molecule is C=C1C[C@]23CCC4C(C)(C)C(=O)CC[C@]4(C)C2C[C@H]1C(O)C3=O. The van der Waals surface area contributed by atoms with Gasteiger partial charge in [-0.15, -0.1) is 0 Å². The van der Waals surface area contributed by atoms with Gasteiger partial charge in [0.05, 0.1) is 0 Å². The molecule has 5 saturated carbocycles. The number of carbonyl (C=O) groups is 2. The third-order valence-corrected chi connectivity index (χ3v) is 8.32. The van der Waals surface area contributed by atoms with E-state index in [2.05, 4.69) is 27.4 Å².